The zero-order chi connectivity index (χ0) is 13.2. The van der Waals surface area contributed by atoms with E-state index in [2.05, 4.69) is 23.9 Å². The van der Waals surface area contributed by atoms with Gasteiger partial charge in [0.25, 0.3) is 0 Å². The first-order chi connectivity index (χ1) is 8.48. The van der Waals surface area contributed by atoms with Crippen molar-refractivity contribution < 1.29 is 4.39 Å². The molecule has 0 aromatic carbocycles. The Morgan fingerprint density at radius 1 is 1.50 bits per heavy atom. The van der Waals surface area contributed by atoms with Gasteiger partial charge < -0.3 is 5.73 Å². The molecule has 4 nitrogen and oxygen atoms in total. The van der Waals surface area contributed by atoms with E-state index in [1.165, 1.54) is 6.33 Å². The molecule has 1 saturated carbocycles. The molecule has 1 aromatic rings. The maximum absolute atomic E-state index is 14.7. The fraction of sp³-hybridized carbons (Fsp3) is 0.846. The van der Waals surface area contributed by atoms with Crippen LogP contribution >= 0.6 is 0 Å². The minimum atomic E-state index is -1.14. The quantitative estimate of drug-likeness (QED) is 0.895. The summed E-state index contributed by atoms with van der Waals surface area (Å²) in [5.74, 6) is 1.25. The highest BCUT2D eigenvalue weighted by atomic mass is 19.1. The number of rotatable bonds is 4. The molecule has 1 aromatic heterocycles. The lowest BCUT2D eigenvalue weighted by atomic mass is 9.81. The molecule has 5 heteroatoms. The van der Waals surface area contributed by atoms with Gasteiger partial charge in [-0.15, -0.1) is 0 Å². The molecule has 0 spiro atoms. The van der Waals surface area contributed by atoms with E-state index in [4.69, 9.17) is 5.73 Å². The minimum absolute atomic E-state index is 0.169. The Hall–Kier alpha value is -0.970. The number of nitrogens with zero attached hydrogens (tertiary/aromatic N) is 3. The third-order valence-corrected chi connectivity index (χ3v) is 3.64. The maximum atomic E-state index is 14.7. The van der Waals surface area contributed by atoms with Crippen molar-refractivity contribution in [1.29, 1.82) is 0 Å². The van der Waals surface area contributed by atoms with Crippen molar-refractivity contribution >= 4 is 0 Å². The summed E-state index contributed by atoms with van der Waals surface area (Å²) in [6, 6.07) is 0.169. The zero-order valence-corrected chi connectivity index (χ0v) is 11.3. The van der Waals surface area contributed by atoms with E-state index in [0.29, 0.717) is 25.2 Å². The molecule has 1 aliphatic rings. The van der Waals surface area contributed by atoms with E-state index in [9.17, 15) is 4.39 Å². The molecule has 1 fully saturated rings. The normalized spacial score (nSPS) is 28.8. The summed E-state index contributed by atoms with van der Waals surface area (Å²) in [5, 5.41) is 4.18. The maximum Gasteiger partial charge on any atom is 0.138 e. The molecule has 2 N–H and O–H groups in total. The molecule has 0 bridgehead atoms. The van der Waals surface area contributed by atoms with E-state index in [-0.39, 0.29) is 6.04 Å². The first-order valence-corrected chi connectivity index (χ1v) is 6.80. The van der Waals surface area contributed by atoms with E-state index in [1.807, 2.05) is 4.68 Å². The van der Waals surface area contributed by atoms with Gasteiger partial charge in [0.05, 0.1) is 0 Å². The van der Waals surface area contributed by atoms with Gasteiger partial charge in [0.1, 0.15) is 17.8 Å². The van der Waals surface area contributed by atoms with E-state index >= 15 is 0 Å². The largest absolute Gasteiger partial charge is 0.328 e. The van der Waals surface area contributed by atoms with Gasteiger partial charge in [0, 0.05) is 19.0 Å². The smallest absolute Gasteiger partial charge is 0.138 e. The molecule has 1 heterocycles. The van der Waals surface area contributed by atoms with Crippen molar-refractivity contribution in [3.05, 3.63) is 12.2 Å². The SMILES string of the molecule is CC(C)Cn1ncnc1CC1(F)CCC(N)CC1. The predicted octanol–water partition coefficient (Wildman–Crippen LogP) is 2.09. The summed E-state index contributed by atoms with van der Waals surface area (Å²) in [6.45, 7) is 5.04. The van der Waals surface area contributed by atoms with Crippen LogP contribution in [0.3, 0.4) is 0 Å². The van der Waals surface area contributed by atoms with Crippen LogP contribution in [0.2, 0.25) is 0 Å². The fourth-order valence-electron chi connectivity index (χ4n) is 2.54. The van der Waals surface area contributed by atoms with Gasteiger partial charge >= 0.3 is 0 Å². The van der Waals surface area contributed by atoms with Crippen LogP contribution in [-0.4, -0.2) is 26.5 Å². The summed E-state index contributed by atoms with van der Waals surface area (Å²) in [4.78, 5) is 4.21. The lowest BCUT2D eigenvalue weighted by Gasteiger charge is -2.32. The Labute approximate surface area is 108 Å². The Balaban J connectivity index is 2.02. The van der Waals surface area contributed by atoms with Gasteiger partial charge in [-0.25, -0.2) is 14.1 Å². The Kier molecular flexibility index (Phi) is 4.00. The summed E-state index contributed by atoms with van der Waals surface area (Å²) in [7, 11) is 0. The fourth-order valence-corrected chi connectivity index (χ4v) is 2.54. The molecular weight excluding hydrogens is 231 g/mol. The molecule has 0 saturated heterocycles. The molecule has 18 heavy (non-hydrogen) atoms. The summed E-state index contributed by atoms with van der Waals surface area (Å²) >= 11 is 0. The average Bonchev–Trinajstić information content (AvgIpc) is 2.70. The van der Waals surface area contributed by atoms with Crippen molar-refractivity contribution in [2.75, 3.05) is 0 Å². The lowest BCUT2D eigenvalue weighted by Crippen LogP contribution is -2.38. The van der Waals surface area contributed by atoms with Crippen LogP contribution in [0, 0.1) is 5.92 Å². The first kappa shape index (κ1) is 13.5. The highest BCUT2D eigenvalue weighted by Crippen LogP contribution is 2.34. The Bertz CT molecular complexity index is 380. The number of nitrogens with two attached hydrogens (primary N) is 1. The standard InChI is InChI=1S/C13H23FN4/c1-10(2)8-18-12(16-9-17-18)7-13(14)5-3-11(15)4-6-13/h9-11H,3-8,15H2,1-2H3. The molecule has 1 aliphatic carbocycles. The topological polar surface area (TPSA) is 56.7 Å². The monoisotopic (exact) mass is 254 g/mol. The van der Waals surface area contributed by atoms with Crippen LogP contribution < -0.4 is 5.73 Å². The molecule has 0 aliphatic heterocycles. The molecule has 0 unspecified atom stereocenters. The third-order valence-electron chi connectivity index (χ3n) is 3.64. The molecule has 0 radical (unpaired) electrons. The van der Waals surface area contributed by atoms with Crippen molar-refractivity contribution in [3.8, 4) is 0 Å². The van der Waals surface area contributed by atoms with Gasteiger partial charge in [0.2, 0.25) is 0 Å². The van der Waals surface area contributed by atoms with Crippen LogP contribution in [0.25, 0.3) is 0 Å². The van der Waals surface area contributed by atoms with Crippen molar-refractivity contribution in [2.45, 2.75) is 64.2 Å². The van der Waals surface area contributed by atoms with Gasteiger partial charge in [-0.3, -0.25) is 0 Å². The number of hydrogen-bond acceptors (Lipinski definition) is 3. The van der Waals surface area contributed by atoms with Gasteiger partial charge in [-0.1, -0.05) is 13.8 Å². The number of alkyl halides is 1. The number of hydrogen-bond donors (Lipinski definition) is 1. The second-order valence-electron chi connectivity index (χ2n) is 5.92. The molecule has 0 amide bonds. The van der Waals surface area contributed by atoms with Gasteiger partial charge in [-0.2, -0.15) is 5.10 Å². The summed E-state index contributed by atoms with van der Waals surface area (Å²) in [6.07, 6.45) is 4.52. The second kappa shape index (κ2) is 5.34. The highest BCUT2D eigenvalue weighted by Gasteiger charge is 2.35. The third kappa shape index (κ3) is 3.28. The van der Waals surface area contributed by atoms with Crippen LogP contribution in [0.4, 0.5) is 4.39 Å². The number of halogens is 1. The van der Waals surface area contributed by atoms with E-state index in [1.54, 1.807) is 0 Å². The Morgan fingerprint density at radius 2 is 2.17 bits per heavy atom. The highest BCUT2D eigenvalue weighted by molar-refractivity contribution is 4.98. The molecule has 102 valence electrons. The van der Waals surface area contributed by atoms with E-state index < -0.39 is 5.67 Å². The Morgan fingerprint density at radius 3 is 2.78 bits per heavy atom. The van der Waals surface area contributed by atoms with E-state index in [0.717, 1.165) is 25.2 Å². The van der Waals surface area contributed by atoms with Gasteiger partial charge in [-0.05, 0) is 31.6 Å². The van der Waals surface area contributed by atoms with Crippen LogP contribution in [0.1, 0.15) is 45.4 Å². The zero-order valence-electron chi connectivity index (χ0n) is 11.3. The summed E-state index contributed by atoms with van der Waals surface area (Å²) in [5.41, 5.74) is 4.68. The van der Waals surface area contributed by atoms with Crippen LogP contribution in [-0.2, 0) is 13.0 Å². The lowest BCUT2D eigenvalue weighted by molar-refractivity contribution is 0.0954. The van der Waals surface area contributed by atoms with Crippen LogP contribution in [0.15, 0.2) is 6.33 Å². The van der Waals surface area contributed by atoms with Crippen LogP contribution in [0.5, 0.6) is 0 Å². The van der Waals surface area contributed by atoms with Crippen molar-refractivity contribution in [3.63, 3.8) is 0 Å². The number of aromatic nitrogens is 3. The second-order valence-corrected chi connectivity index (χ2v) is 5.92. The molecule has 0 atom stereocenters. The predicted molar refractivity (Wildman–Crippen MR) is 68.8 cm³/mol. The van der Waals surface area contributed by atoms with Crippen molar-refractivity contribution in [1.82, 2.24) is 14.8 Å². The minimum Gasteiger partial charge on any atom is -0.328 e. The summed E-state index contributed by atoms with van der Waals surface area (Å²) < 4.78 is 16.5. The molecule has 2 rings (SSSR count). The van der Waals surface area contributed by atoms with Gasteiger partial charge in [0.15, 0.2) is 0 Å². The first-order valence-electron chi connectivity index (χ1n) is 6.80. The van der Waals surface area contributed by atoms with Crippen molar-refractivity contribution in [2.24, 2.45) is 11.7 Å². The molecular formula is C13H23FN4. The average molecular weight is 254 g/mol.